The Morgan fingerprint density at radius 1 is 0.950 bits per heavy atom. The first-order valence-corrected chi connectivity index (χ1v) is 25.9. The fraction of sp³-hybridized carbons (Fsp3) is 0.720. The van der Waals surface area contributed by atoms with Gasteiger partial charge < -0.3 is 20.1 Å². The minimum atomic E-state index is -2.88. The number of carboxylic acid groups (broad SMARTS) is 1. The van der Waals surface area contributed by atoms with Gasteiger partial charge in [0.25, 0.3) is 0 Å². The van der Waals surface area contributed by atoms with Crippen LogP contribution < -0.4 is 10.1 Å². The summed E-state index contributed by atoms with van der Waals surface area (Å²) in [5, 5.41) is 15.8. The third-order valence-electron chi connectivity index (χ3n) is 19.2. The maximum atomic E-state index is 12.9. The number of nitrogens with one attached hydrogen (secondary N) is 1. The van der Waals surface area contributed by atoms with Gasteiger partial charge in [-0.2, -0.15) is 4.37 Å². The van der Waals surface area contributed by atoms with Crippen LogP contribution in [0.4, 0.5) is 0 Å². The lowest BCUT2D eigenvalue weighted by Crippen LogP contribution is -2.68. The molecule has 1 aromatic carbocycles. The molecule has 0 radical (unpaired) electrons. The van der Waals surface area contributed by atoms with Crippen molar-refractivity contribution in [3.63, 3.8) is 0 Å². The largest absolute Gasteiger partial charge is 0.481 e. The van der Waals surface area contributed by atoms with Crippen LogP contribution in [0, 0.1) is 56.7 Å². The van der Waals surface area contributed by atoms with Crippen molar-refractivity contribution in [3.05, 3.63) is 59.7 Å². The number of sulfone groups is 1. The standard InChI is InChI=1S/C50H71N3O5S2/c1-33(2)35-16-23-50(51-26-27-53-28-30-60(56,57)31-29-53)25-24-47(6)38(42(35)50)12-13-41-46(5)19-17-37(45(3,4)40(46)18-20-48(41,47)7)34-14-21-49(22-15-34,44(54)55)32-58-43-36-10-8-9-11-39(36)59-52-43/h8-11,14,17,35,38,40-42,51H,1,12-13,15-16,18-32H2,2-7H3,(H,54,55)/t35-,38+,40?,41?,42?,46-,47+,48+,49?,50-/m0/s1. The lowest BCUT2D eigenvalue weighted by Gasteiger charge is -2.72. The van der Waals surface area contributed by atoms with Gasteiger partial charge in [0.15, 0.2) is 9.84 Å². The first-order chi connectivity index (χ1) is 28.4. The molecule has 60 heavy (non-hydrogen) atoms. The van der Waals surface area contributed by atoms with Gasteiger partial charge in [-0.05, 0) is 170 Å². The van der Waals surface area contributed by atoms with E-state index in [4.69, 9.17) is 4.74 Å². The van der Waals surface area contributed by atoms with E-state index in [9.17, 15) is 18.3 Å². The van der Waals surface area contributed by atoms with Crippen molar-refractivity contribution in [2.45, 2.75) is 124 Å². The average molecular weight is 858 g/mol. The van der Waals surface area contributed by atoms with Crippen molar-refractivity contribution in [1.82, 2.24) is 14.6 Å². The molecule has 8 nitrogen and oxygen atoms in total. The summed E-state index contributed by atoms with van der Waals surface area (Å²) in [5.74, 6) is 3.38. The van der Waals surface area contributed by atoms with Crippen LogP contribution in [0.3, 0.4) is 0 Å². The quantitative estimate of drug-likeness (QED) is 0.228. The Morgan fingerprint density at radius 3 is 2.43 bits per heavy atom. The van der Waals surface area contributed by atoms with Gasteiger partial charge in [-0.15, -0.1) is 0 Å². The number of benzene rings is 1. The van der Waals surface area contributed by atoms with E-state index in [2.05, 4.69) is 74.9 Å². The van der Waals surface area contributed by atoms with E-state index >= 15 is 0 Å². The number of aliphatic carboxylic acids is 1. The summed E-state index contributed by atoms with van der Waals surface area (Å²) in [6, 6.07) is 7.99. The number of rotatable bonds is 10. The molecule has 6 aliphatic carbocycles. The maximum absolute atomic E-state index is 12.9. The number of hydrogen-bond acceptors (Lipinski definition) is 8. The summed E-state index contributed by atoms with van der Waals surface area (Å²) in [7, 11) is -2.88. The van der Waals surface area contributed by atoms with Gasteiger partial charge in [0.1, 0.15) is 12.0 Å². The summed E-state index contributed by atoms with van der Waals surface area (Å²) in [6.45, 7) is 23.3. The van der Waals surface area contributed by atoms with Crippen molar-refractivity contribution in [1.29, 1.82) is 0 Å². The molecule has 5 fully saturated rings. The zero-order valence-electron chi connectivity index (χ0n) is 37.3. The predicted octanol–water partition coefficient (Wildman–Crippen LogP) is 10.1. The molecule has 1 aliphatic heterocycles. The van der Waals surface area contributed by atoms with Crippen LogP contribution in [-0.4, -0.2) is 78.6 Å². The number of allylic oxidation sites excluding steroid dienone is 5. The Bertz CT molecular complexity index is 2200. The van der Waals surface area contributed by atoms with E-state index in [1.165, 1.54) is 79.6 Å². The van der Waals surface area contributed by atoms with Crippen molar-refractivity contribution in [3.8, 4) is 5.88 Å². The highest BCUT2D eigenvalue weighted by Gasteiger charge is 2.70. The molecular weight excluding hydrogens is 787 g/mol. The fourth-order valence-corrected chi connectivity index (χ4v) is 17.7. The molecule has 1 aromatic heterocycles. The van der Waals surface area contributed by atoms with Crippen LogP contribution >= 0.6 is 11.5 Å². The number of nitrogens with zero attached hydrogens (tertiary/aromatic N) is 2. The van der Waals surface area contributed by atoms with Crippen LogP contribution in [-0.2, 0) is 14.6 Å². The molecule has 0 amide bonds. The van der Waals surface area contributed by atoms with Gasteiger partial charge in [0.2, 0.25) is 5.88 Å². The SMILES string of the molecule is C=C(C)[C@@H]1CC[C@]2(NCCN3CCS(=O)(=O)CC3)CC[C@]3(C)[C@H](CCC4[C@@]5(C)CC=C(C6=CCC(COc7nsc8ccccc78)(C(=O)O)CC6)C(C)(C)C5CC[C@]43C)C12. The Balaban J connectivity index is 0.929. The number of ether oxygens (including phenoxy) is 1. The van der Waals surface area contributed by atoms with E-state index in [1.54, 1.807) is 0 Å². The highest BCUT2D eigenvalue weighted by Crippen LogP contribution is 2.76. The second kappa shape index (κ2) is 15.0. The fourth-order valence-electron chi connectivity index (χ4n) is 15.7. The number of hydrogen-bond donors (Lipinski definition) is 2. The van der Waals surface area contributed by atoms with Crippen LogP contribution in [0.25, 0.3) is 10.1 Å². The first-order valence-electron chi connectivity index (χ1n) is 23.3. The van der Waals surface area contributed by atoms with Gasteiger partial charge in [0, 0.05) is 31.7 Å². The number of aromatic nitrogens is 1. The molecule has 4 saturated carbocycles. The van der Waals surface area contributed by atoms with Crippen molar-refractivity contribution >= 4 is 37.4 Å². The molecule has 2 heterocycles. The highest BCUT2D eigenvalue weighted by atomic mass is 32.2. The van der Waals surface area contributed by atoms with Gasteiger partial charge in [-0.1, -0.05) is 71.1 Å². The van der Waals surface area contributed by atoms with E-state index in [0.717, 1.165) is 36.0 Å². The zero-order valence-corrected chi connectivity index (χ0v) is 38.9. The third kappa shape index (κ3) is 6.64. The minimum absolute atomic E-state index is 0.00215. The average Bonchev–Trinajstić information content (AvgIpc) is 3.80. The molecule has 10 heteroatoms. The summed E-state index contributed by atoms with van der Waals surface area (Å²) < 4.78 is 36.0. The van der Waals surface area contributed by atoms with E-state index in [-0.39, 0.29) is 33.8 Å². The molecule has 0 spiro atoms. The minimum Gasteiger partial charge on any atom is -0.481 e. The Morgan fingerprint density at radius 2 is 1.72 bits per heavy atom. The third-order valence-corrected chi connectivity index (χ3v) is 21.6. The van der Waals surface area contributed by atoms with Gasteiger partial charge in [0.05, 0.1) is 21.6 Å². The molecule has 7 aliphatic rings. The lowest BCUT2D eigenvalue weighted by atomic mass is 9.33. The Kier molecular flexibility index (Phi) is 10.7. The van der Waals surface area contributed by atoms with Crippen LogP contribution in [0.15, 0.2) is 59.7 Å². The molecule has 1 saturated heterocycles. The predicted molar refractivity (Wildman–Crippen MR) is 243 cm³/mol. The summed E-state index contributed by atoms with van der Waals surface area (Å²) in [6.07, 6.45) is 17.8. The monoisotopic (exact) mass is 857 g/mol. The Labute approximate surface area is 364 Å². The van der Waals surface area contributed by atoms with Gasteiger partial charge in [-0.25, -0.2) is 8.42 Å². The summed E-state index contributed by atoms with van der Waals surface area (Å²) in [4.78, 5) is 15.3. The smallest absolute Gasteiger partial charge is 0.313 e. The number of carboxylic acids is 1. The first kappa shape index (κ1) is 42.8. The van der Waals surface area contributed by atoms with Crippen molar-refractivity contribution < 1.29 is 23.1 Å². The highest BCUT2D eigenvalue weighted by molar-refractivity contribution is 7.91. The van der Waals surface area contributed by atoms with Crippen LogP contribution in [0.5, 0.6) is 5.88 Å². The Hall–Kier alpha value is -2.53. The zero-order chi connectivity index (χ0) is 42.5. The maximum Gasteiger partial charge on any atom is 0.313 e. The van der Waals surface area contributed by atoms with Crippen LogP contribution in [0.1, 0.15) is 119 Å². The molecule has 10 atom stereocenters. The lowest BCUT2D eigenvalue weighted by molar-refractivity contribution is -0.221. The van der Waals surface area contributed by atoms with E-state index in [1.807, 2.05) is 24.3 Å². The van der Waals surface area contributed by atoms with Gasteiger partial charge in [-0.3, -0.25) is 4.79 Å². The van der Waals surface area contributed by atoms with Crippen LogP contribution in [0.2, 0.25) is 0 Å². The second-order valence-corrected chi connectivity index (χ2v) is 25.2. The molecule has 2 aromatic rings. The number of fused-ring (bicyclic) bond motifs is 8. The van der Waals surface area contributed by atoms with E-state index in [0.29, 0.717) is 72.9 Å². The molecule has 0 bridgehead atoms. The topological polar surface area (TPSA) is 109 Å². The molecule has 328 valence electrons. The normalized spacial score (nSPS) is 40.9. The second-order valence-electron chi connectivity index (χ2n) is 22.1. The van der Waals surface area contributed by atoms with Crippen molar-refractivity contribution in [2.24, 2.45) is 56.7 Å². The van der Waals surface area contributed by atoms with Gasteiger partial charge >= 0.3 is 5.97 Å². The molecule has 4 unspecified atom stereocenters. The molecule has 9 rings (SSSR count). The summed E-state index contributed by atoms with van der Waals surface area (Å²) >= 11 is 1.40. The molecule has 2 N–H and O–H groups in total. The van der Waals surface area contributed by atoms with E-state index < -0.39 is 21.2 Å². The molecular formula is C50H71N3O5S2. The number of carbonyl (C=O) groups is 1. The van der Waals surface area contributed by atoms with Crippen molar-refractivity contribution in [2.75, 3.05) is 44.3 Å². The summed E-state index contributed by atoms with van der Waals surface area (Å²) in [5.41, 5.74) is 4.07.